The van der Waals surface area contributed by atoms with Crippen LogP contribution in [-0.2, 0) is 11.3 Å². The summed E-state index contributed by atoms with van der Waals surface area (Å²) in [5, 5.41) is 0.509. The number of benzene rings is 2. The number of nitrogens with zero attached hydrogens (tertiary/aromatic N) is 2. The van der Waals surface area contributed by atoms with Crippen molar-refractivity contribution >= 4 is 22.9 Å². The van der Waals surface area contributed by atoms with E-state index in [2.05, 4.69) is 9.97 Å². The Morgan fingerprint density at radius 1 is 1.22 bits per heavy atom. The maximum atomic E-state index is 13.3. The second kappa shape index (κ2) is 7.95. The highest BCUT2D eigenvalue weighted by atomic mass is 19.1. The zero-order valence-corrected chi connectivity index (χ0v) is 15.1. The molecule has 0 atom stereocenters. The number of aromatic nitrogens is 2. The van der Waals surface area contributed by atoms with E-state index >= 15 is 0 Å². The summed E-state index contributed by atoms with van der Waals surface area (Å²) < 4.78 is 13.3. The van der Waals surface area contributed by atoms with Crippen LogP contribution in [0.15, 0.2) is 59.4 Å². The third-order valence-electron chi connectivity index (χ3n) is 4.16. The van der Waals surface area contributed by atoms with E-state index in [0.717, 1.165) is 0 Å². The molecular weight excluding hydrogens is 345 g/mol. The minimum Gasteiger partial charge on any atom is -0.329 e. The average Bonchev–Trinajstić information content (AvgIpc) is 2.64. The Hall–Kier alpha value is -3.28. The lowest BCUT2D eigenvalue weighted by molar-refractivity contribution is -0.128. The van der Waals surface area contributed by atoms with E-state index in [4.69, 9.17) is 0 Å². The molecule has 0 saturated carbocycles. The molecule has 0 saturated heterocycles. The van der Waals surface area contributed by atoms with Gasteiger partial charge in [0.05, 0.1) is 17.4 Å². The van der Waals surface area contributed by atoms with Crippen LogP contribution >= 0.6 is 0 Å². The van der Waals surface area contributed by atoms with Gasteiger partial charge >= 0.3 is 0 Å². The number of para-hydroxylation sites is 1. The first-order valence-corrected chi connectivity index (χ1v) is 8.66. The maximum Gasteiger partial charge on any atom is 0.258 e. The van der Waals surface area contributed by atoms with Crippen molar-refractivity contribution in [2.75, 3.05) is 0 Å². The number of carbonyl (C=O) groups excluding carboxylic acids is 1. The van der Waals surface area contributed by atoms with Gasteiger partial charge in [-0.05, 0) is 49.8 Å². The quantitative estimate of drug-likeness (QED) is 0.704. The molecule has 3 aromatic rings. The summed E-state index contributed by atoms with van der Waals surface area (Å²) in [5.74, 6) is -0.187. The van der Waals surface area contributed by atoms with Crippen LogP contribution in [-0.4, -0.2) is 26.8 Å². The van der Waals surface area contributed by atoms with E-state index in [9.17, 15) is 14.0 Å². The number of amides is 1. The Bertz CT molecular complexity index is 1060. The highest BCUT2D eigenvalue weighted by Gasteiger charge is 2.17. The fourth-order valence-corrected chi connectivity index (χ4v) is 2.76. The van der Waals surface area contributed by atoms with Gasteiger partial charge in [0.25, 0.3) is 5.56 Å². The van der Waals surface area contributed by atoms with E-state index in [0.29, 0.717) is 22.3 Å². The summed E-state index contributed by atoms with van der Waals surface area (Å²) in [5.41, 5.74) is 0.953. The number of carbonyl (C=O) groups is 1. The molecule has 0 radical (unpaired) electrons. The Kier molecular flexibility index (Phi) is 5.45. The van der Waals surface area contributed by atoms with Gasteiger partial charge in [-0.1, -0.05) is 24.3 Å². The smallest absolute Gasteiger partial charge is 0.258 e. The van der Waals surface area contributed by atoms with Gasteiger partial charge in [-0.3, -0.25) is 9.59 Å². The predicted octanol–water partition coefficient (Wildman–Crippen LogP) is 3.51. The van der Waals surface area contributed by atoms with Crippen molar-refractivity contribution in [3.8, 4) is 0 Å². The molecule has 0 aliphatic heterocycles. The van der Waals surface area contributed by atoms with E-state index in [1.807, 2.05) is 19.9 Å². The first-order valence-electron chi connectivity index (χ1n) is 8.66. The molecule has 6 heteroatoms. The summed E-state index contributed by atoms with van der Waals surface area (Å²) in [6, 6.07) is 13.0. The van der Waals surface area contributed by atoms with Crippen LogP contribution in [0.4, 0.5) is 4.39 Å². The average molecular weight is 365 g/mol. The third-order valence-corrected chi connectivity index (χ3v) is 4.16. The molecule has 1 amide bonds. The zero-order chi connectivity index (χ0) is 19.4. The van der Waals surface area contributed by atoms with E-state index in [1.165, 1.54) is 18.2 Å². The maximum absolute atomic E-state index is 13.3. The summed E-state index contributed by atoms with van der Waals surface area (Å²) in [6.45, 7) is 3.93. The lowest BCUT2D eigenvalue weighted by Gasteiger charge is -2.25. The number of H-pyrrole nitrogens is 1. The Balaban J connectivity index is 1.83. The molecule has 2 aromatic carbocycles. The number of hydrogen-bond acceptors (Lipinski definition) is 3. The molecule has 5 nitrogen and oxygen atoms in total. The first-order chi connectivity index (χ1) is 12.9. The van der Waals surface area contributed by atoms with Crippen LogP contribution in [0.25, 0.3) is 17.0 Å². The molecule has 0 spiro atoms. The number of halogens is 1. The number of fused-ring (bicyclic) bond motifs is 1. The molecule has 0 bridgehead atoms. The Morgan fingerprint density at radius 2 is 2.00 bits per heavy atom. The van der Waals surface area contributed by atoms with E-state index in [-0.39, 0.29) is 29.9 Å². The fourth-order valence-electron chi connectivity index (χ4n) is 2.76. The Labute approximate surface area is 156 Å². The second-order valence-electron chi connectivity index (χ2n) is 6.48. The van der Waals surface area contributed by atoms with Crippen molar-refractivity contribution in [1.29, 1.82) is 0 Å². The van der Waals surface area contributed by atoms with Crippen molar-refractivity contribution in [2.45, 2.75) is 26.4 Å². The number of aromatic amines is 1. The van der Waals surface area contributed by atoms with Crippen LogP contribution in [0.5, 0.6) is 0 Å². The van der Waals surface area contributed by atoms with Gasteiger partial charge in [0, 0.05) is 12.1 Å². The fraction of sp³-hybridized carbons (Fsp3) is 0.190. The summed E-state index contributed by atoms with van der Waals surface area (Å²) in [7, 11) is 0. The molecule has 27 heavy (non-hydrogen) atoms. The molecular formula is C21H20FN3O2. The van der Waals surface area contributed by atoms with Gasteiger partial charge in [0.15, 0.2) is 0 Å². The molecule has 0 aliphatic rings. The molecule has 0 fully saturated rings. The lowest BCUT2D eigenvalue weighted by atomic mass is 10.2. The van der Waals surface area contributed by atoms with Crippen molar-refractivity contribution < 1.29 is 9.18 Å². The lowest BCUT2D eigenvalue weighted by Crippen LogP contribution is -2.36. The van der Waals surface area contributed by atoms with Gasteiger partial charge in [-0.2, -0.15) is 0 Å². The number of nitrogens with one attached hydrogen (secondary N) is 1. The van der Waals surface area contributed by atoms with Gasteiger partial charge in [-0.15, -0.1) is 0 Å². The molecule has 0 aliphatic carbocycles. The van der Waals surface area contributed by atoms with Crippen LogP contribution in [0.1, 0.15) is 25.2 Å². The monoisotopic (exact) mass is 365 g/mol. The van der Waals surface area contributed by atoms with Crippen molar-refractivity contribution in [3.63, 3.8) is 0 Å². The minimum atomic E-state index is -0.358. The standard InChI is InChI=1S/C21H20FN3O2/c1-14(2)25(20(26)11-10-15-6-5-7-16(22)12-15)13-19-23-18-9-4-3-8-17(18)21(27)24-19/h3-12,14H,13H2,1-2H3,(H,23,24,27)/b11-10+. The highest BCUT2D eigenvalue weighted by molar-refractivity contribution is 5.92. The van der Waals surface area contributed by atoms with Gasteiger partial charge in [0.1, 0.15) is 11.6 Å². The predicted molar refractivity (Wildman–Crippen MR) is 103 cm³/mol. The molecule has 138 valence electrons. The Morgan fingerprint density at radius 3 is 2.74 bits per heavy atom. The van der Waals surface area contributed by atoms with E-state index < -0.39 is 0 Å². The van der Waals surface area contributed by atoms with Crippen LogP contribution < -0.4 is 5.56 Å². The number of hydrogen-bond donors (Lipinski definition) is 1. The van der Waals surface area contributed by atoms with Gasteiger partial charge in [-0.25, -0.2) is 9.37 Å². The van der Waals surface area contributed by atoms with Crippen molar-refractivity contribution in [3.05, 3.63) is 82.2 Å². The van der Waals surface area contributed by atoms with Gasteiger partial charge < -0.3 is 9.88 Å². The van der Waals surface area contributed by atoms with Crippen molar-refractivity contribution in [2.24, 2.45) is 0 Å². The second-order valence-corrected chi connectivity index (χ2v) is 6.48. The summed E-state index contributed by atoms with van der Waals surface area (Å²) >= 11 is 0. The van der Waals surface area contributed by atoms with Crippen molar-refractivity contribution in [1.82, 2.24) is 14.9 Å². The van der Waals surface area contributed by atoms with Crippen LogP contribution in [0.3, 0.4) is 0 Å². The normalized spacial score (nSPS) is 11.4. The van der Waals surface area contributed by atoms with Crippen LogP contribution in [0.2, 0.25) is 0 Å². The topological polar surface area (TPSA) is 66.1 Å². The van der Waals surface area contributed by atoms with E-state index in [1.54, 1.807) is 41.3 Å². The largest absolute Gasteiger partial charge is 0.329 e. The minimum absolute atomic E-state index is 0.105. The van der Waals surface area contributed by atoms with Gasteiger partial charge in [0.2, 0.25) is 5.91 Å². The molecule has 1 N–H and O–H groups in total. The first kappa shape index (κ1) is 18.5. The van der Waals surface area contributed by atoms with Crippen LogP contribution in [0, 0.1) is 5.82 Å². The molecule has 1 aromatic heterocycles. The molecule has 0 unspecified atom stereocenters. The molecule has 1 heterocycles. The molecule has 3 rings (SSSR count). The summed E-state index contributed by atoms with van der Waals surface area (Å²) in [6.07, 6.45) is 2.96. The summed E-state index contributed by atoms with van der Waals surface area (Å²) in [4.78, 5) is 33.6. The zero-order valence-electron chi connectivity index (χ0n) is 15.1. The number of rotatable bonds is 5. The third kappa shape index (κ3) is 4.47. The SMILES string of the molecule is CC(C)N(Cc1nc2ccccc2c(=O)[nH]1)C(=O)/C=C/c1cccc(F)c1. The highest BCUT2D eigenvalue weighted by Crippen LogP contribution is 2.11.